The second-order valence-corrected chi connectivity index (χ2v) is 5.07. The van der Waals surface area contributed by atoms with E-state index >= 15 is 0 Å². The Kier molecular flexibility index (Phi) is 4.97. The summed E-state index contributed by atoms with van der Waals surface area (Å²) in [6, 6.07) is 0. The van der Waals surface area contributed by atoms with Crippen molar-refractivity contribution in [3.05, 3.63) is 0 Å². The second-order valence-electron chi connectivity index (χ2n) is 5.07. The standard InChI is InChI=1S/C13H24N2O3/c1-2-17-12(16)13(5-7-14-8-6-13)15-10-11-4-3-9-18-11/h11,14-15H,2-10H2,1H3. The lowest BCUT2D eigenvalue weighted by atomic mass is 9.88. The summed E-state index contributed by atoms with van der Waals surface area (Å²) >= 11 is 0. The van der Waals surface area contributed by atoms with Crippen LogP contribution in [-0.4, -0.2) is 50.5 Å². The summed E-state index contributed by atoms with van der Waals surface area (Å²) in [5.74, 6) is -0.107. The number of piperidine rings is 1. The molecule has 0 aromatic heterocycles. The molecule has 2 fully saturated rings. The fourth-order valence-corrected chi connectivity index (χ4v) is 2.69. The van der Waals surface area contributed by atoms with Crippen LogP contribution < -0.4 is 10.6 Å². The largest absolute Gasteiger partial charge is 0.465 e. The van der Waals surface area contributed by atoms with Gasteiger partial charge in [0.25, 0.3) is 0 Å². The lowest BCUT2D eigenvalue weighted by molar-refractivity contribution is -0.152. The zero-order valence-electron chi connectivity index (χ0n) is 11.2. The molecule has 0 radical (unpaired) electrons. The first kappa shape index (κ1) is 13.8. The summed E-state index contributed by atoms with van der Waals surface area (Å²) in [7, 11) is 0. The Hall–Kier alpha value is -0.650. The van der Waals surface area contributed by atoms with Gasteiger partial charge in [-0.1, -0.05) is 0 Å². The summed E-state index contributed by atoms with van der Waals surface area (Å²) in [5.41, 5.74) is -0.507. The molecular formula is C13H24N2O3. The van der Waals surface area contributed by atoms with E-state index in [0.29, 0.717) is 6.61 Å². The van der Waals surface area contributed by atoms with Crippen LogP contribution in [0.25, 0.3) is 0 Å². The van der Waals surface area contributed by atoms with E-state index in [9.17, 15) is 4.79 Å². The molecule has 0 aromatic rings. The van der Waals surface area contributed by atoms with E-state index in [1.807, 2.05) is 6.92 Å². The van der Waals surface area contributed by atoms with E-state index in [0.717, 1.165) is 51.9 Å². The summed E-state index contributed by atoms with van der Waals surface area (Å²) in [6.07, 6.45) is 4.05. The number of carbonyl (C=O) groups is 1. The Balaban J connectivity index is 1.92. The predicted molar refractivity (Wildman–Crippen MR) is 68.4 cm³/mol. The maximum atomic E-state index is 12.2. The highest BCUT2D eigenvalue weighted by atomic mass is 16.5. The normalized spacial score (nSPS) is 27.1. The molecule has 1 unspecified atom stereocenters. The van der Waals surface area contributed by atoms with Crippen molar-refractivity contribution in [3.8, 4) is 0 Å². The van der Waals surface area contributed by atoms with E-state index in [1.165, 1.54) is 0 Å². The van der Waals surface area contributed by atoms with Crippen molar-refractivity contribution in [2.75, 3.05) is 32.8 Å². The minimum Gasteiger partial charge on any atom is -0.465 e. The van der Waals surface area contributed by atoms with Gasteiger partial charge >= 0.3 is 5.97 Å². The van der Waals surface area contributed by atoms with E-state index in [1.54, 1.807) is 0 Å². The molecule has 0 amide bonds. The Labute approximate surface area is 109 Å². The van der Waals surface area contributed by atoms with Crippen molar-refractivity contribution in [2.45, 2.75) is 44.2 Å². The van der Waals surface area contributed by atoms with Crippen molar-refractivity contribution in [1.29, 1.82) is 0 Å². The van der Waals surface area contributed by atoms with Crippen LogP contribution in [0.15, 0.2) is 0 Å². The van der Waals surface area contributed by atoms with Crippen LogP contribution in [0.5, 0.6) is 0 Å². The van der Waals surface area contributed by atoms with E-state index in [-0.39, 0.29) is 12.1 Å². The molecule has 0 aliphatic carbocycles. The molecule has 5 nitrogen and oxygen atoms in total. The van der Waals surface area contributed by atoms with Crippen LogP contribution in [-0.2, 0) is 14.3 Å². The predicted octanol–water partition coefficient (Wildman–Crippen LogP) is 0.440. The summed E-state index contributed by atoms with van der Waals surface area (Å²) in [4.78, 5) is 12.2. The van der Waals surface area contributed by atoms with Gasteiger partial charge in [-0.2, -0.15) is 0 Å². The molecule has 0 aromatic carbocycles. The first-order chi connectivity index (χ1) is 8.77. The van der Waals surface area contributed by atoms with Gasteiger partial charge in [0.1, 0.15) is 5.54 Å². The zero-order chi connectivity index (χ0) is 12.8. The molecule has 1 atom stereocenters. The Morgan fingerprint density at radius 1 is 1.50 bits per heavy atom. The van der Waals surface area contributed by atoms with Gasteiger partial charge in [-0.3, -0.25) is 10.1 Å². The third kappa shape index (κ3) is 3.22. The van der Waals surface area contributed by atoms with Crippen molar-refractivity contribution < 1.29 is 14.3 Å². The quantitative estimate of drug-likeness (QED) is 0.699. The molecule has 0 bridgehead atoms. The number of hydrogen-bond acceptors (Lipinski definition) is 5. The maximum absolute atomic E-state index is 12.2. The monoisotopic (exact) mass is 256 g/mol. The smallest absolute Gasteiger partial charge is 0.326 e. The molecule has 2 aliphatic heterocycles. The van der Waals surface area contributed by atoms with Crippen LogP contribution in [0, 0.1) is 0 Å². The maximum Gasteiger partial charge on any atom is 0.326 e. The fourth-order valence-electron chi connectivity index (χ4n) is 2.69. The van der Waals surface area contributed by atoms with Gasteiger partial charge in [-0.15, -0.1) is 0 Å². The number of rotatable bonds is 5. The summed E-state index contributed by atoms with van der Waals surface area (Å²) in [6.45, 7) is 5.61. The molecule has 0 spiro atoms. The molecule has 104 valence electrons. The molecule has 2 rings (SSSR count). The average molecular weight is 256 g/mol. The molecule has 0 saturated carbocycles. The van der Waals surface area contributed by atoms with Crippen molar-refractivity contribution in [2.24, 2.45) is 0 Å². The number of ether oxygens (including phenoxy) is 2. The van der Waals surface area contributed by atoms with Crippen LogP contribution in [0.1, 0.15) is 32.6 Å². The van der Waals surface area contributed by atoms with E-state index in [2.05, 4.69) is 10.6 Å². The van der Waals surface area contributed by atoms with Crippen LogP contribution in [0.2, 0.25) is 0 Å². The number of esters is 1. The number of hydrogen-bond donors (Lipinski definition) is 2. The molecular weight excluding hydrogens is 232 g/mol. The Bertz CT molecular complexity index is 271. The first-order valence-electron chi connectivity index (χ1n) is 7.01. The van der Waals surface area contributed by atoms with Crippen molar-refractivity contribution in [3.63, 3.8) is 0 Å². The van der Waals surface area contributed by atoms with Gasteiger partial charge in [-0.25, -0.2) is 0 Å². The molecule has 18 heavy (non-hydrogen) atoms. The minimum absolute atomic E-state index is 0.107. The molecule has 2 heterocycles. The molecule has 2 saturated heterocycles. The van der Waals surface area contributed by atoms with Gasteiger partial charge < -0.3 is 14.8 Å². The third-order valence-corrected chi connectivity index (χ3v) is 3.82. The van der Waals surface area contributed by atoms with Gasteiger partial charge in [0.15, 0.2) is 0 Å². The minimum atomic E-state index is -0.507. The van der Waals surface area contributed by atoms with E-state index in [4.69, 9.17) is 9.47 Å². The van der Waals surface area contributed by atoms with Gasteiger partial charge in [0, 0.05) is 13.2 Å². The highest BCUT2D eigenvalue weighted by molar-refractivity contribution is 5.81. The highest BCUT2D eigenvalue weighted by Crippen LogP contribution is 2.21. The van der Waals surface area contributed by atoms with Crippen LogP contribution in [0.3, 0.4) is 0 Å². The molecule has 2 N–H and O–H groups in total. The molecule has 5 heteroatoms. The average Bonchev–Trinajstić information content (AvgIpc) is 2.91. The van der Waals surface area contributed by atoms with Crippen LogP contribution >= 0.6 is 0 Å². The Morgan fingerprint density at radius 3 is 2.89 bits per heavy atom. The van der Waals surface area contributed by atoms with Crippen molar-refractivity contribution in [1.82, 2.24) is 10.6 Å². The van der Waals surface area contributed by atoms with Gasteiger partial charge in [-0.05, 0) is 45.7 Å². The topological polar surface area (TPSA) is 59.6 Å². The van der Waals surface area contributed by atoms with Crippen molar-refractivity contribution >= 4 is 5.97 Å². The van der Waals surface area contributed by atoms with Crippen LogP contribution in [0.4, 0.5) is 0 Å². The number of carbonyl (C=O) groups excluding carboxylic acids is 1. The van der Waals surface area contributed by atoms with Gasteiger partial charge in [0.05, 0.1) is 12.7 Å². The number of nitrogens with one attached hydrogen (secondary N) is 2. The summed E-state index contributed by atoms with van der Waals surface area (Å²) < 4.78 is 10.8. The highest BCUT2D eigenvalue weighted by Gasteiger charge is 2.41. The zero-order valence-corrected chi connectivity index (χ0v) is 11.2. The summed E-state index contributed by atoms with van der Waals surface area (Å²) in [5, 5.41) is 6.71. The second kappa shape index (κ2) is 6.50. The lowest BCUT2D eigenvalue weighted by Crippen LogP contribution is -2.59. The first-order valence-corrected chi connectivity index (χ1v) is 7.01. The third-order valence-electron chi connectivity index (χ3n) is 3.82. The SMILES string of the molecule is CCOC(=O)C1(NCC2CCCO2)CCNCC1. The molecule has 2 aliphatic rings. The fraction of sp³-hybridized carbons (Fsp3) is 0.923. The van der Waals surface area contributed by atoms with E-state index < -0.39 is 5.54 Å². The lowest BCUT2D eigenvalue weighted by Gasteiger charge is -2.36. The van der Waals surface area contributed by atoms with Gasteiger partial charge in [0.2, 0.25) is 0 Å². The Morgan fingerprint density at radius 2 is 2.28 bits per heavy atom.